The molecule has 4 heteroatoms. The van der Waals surface area contributed by atoms with Gasteiger partial charge in [-0.25, -0.2) is 0 Å². The van der Waals surface area contributed by atoms with Crippen molar-refractivity contribution in [2.45, 2.75) is 39.7 Å². The third kappa shape index (κ3) is 3.38. The lowest BCUT2D eigenvalue weighted by Gasteiger charge is -2.39. The Labute approximate surface area is 204 Å². The molecule has 34 heavy (non-hydrogen) atoms. The number of nitrogens with one attached hydrogen (secondary N) is 1. The second-order valence-corrected chi connectivity index (χ2v) is 10.7. The van der Waals surface area contributed by atoms with Gasteiger partial charge in [0.15, 0.2) is 5.78 Å². The second kappa shape index (κ2) is 7.61. The first-order chi connectivity index (χ1) is 16.3. The molecule has 1 aliphatic carbocycles. The topological polar surface area (TPSA) is 42.2 Å². The van der Waals surface area contributed by atoms with Crippen molar-refractivity contribution in [1.82, 2.24) is 0 Å². The van der Waals surface area contributed by atoms with Crippen molar-refractivity contribution in [3.8, 4) is 11.3 Å². The molecular formula is C30H26ClNO2. The van der Waals surface area contributed by atoms with Crippen molar-refractivity contribution >= 4 is 39.4 Å². The summed E-state index contributed by atoms with van der Waals surface area (Å²) in [5.74, 6) is 1.68. The fraction of sp³-hybridized carbons (Fsp3) is 0.233. The molecule has 0 spiro atoms. The first-order valence-corrected chi connectivity index (χ1v) is 12.1. The number of halogens is 1. The summed E-state index contributed by atoms with van der Waals surface area (Å²) in [7, 11) is 0. The highest BCUT2D eigenvalue weighted by molar-refractivity contribution is 6.31. The first kappa shape index (κ1) is 21.2. The van der Waals surface area contributed by atoms with E-state index in [0.717, 1.165) is 51.5 Å². The first-order valence-electron chi connectivity index (χ1n) is 11.7. The Kier molecular flexibility index (Phi) is 4.76. The highest BCUT2D eigenvalue weighted by Crippen LogP contribution is 2.52. The van der Waals surface area contributed by atoms with Crippen molar-refractivity contribution in [2.24, 2.45) is 5.41 Å². The zero-order chi connectivity index (χ0) is 23.6. The number of hydrogen-bond acceptors (Lipinski definition) is 3. The number of fused-ring (bicyclic) bond motifs is 4. The minimum Gasteiger partial charge on any atom is -0.459 e. The lowest BCUT2D eigenvalue weighted by Crippen LogP contribution is -2.33. The van der Waals surface area contributed by atoms with E-state index < -0.39 is 0 Å². The third-order valence-corrected chi connectivity index (χ3v) is 7.51. The van der Waals surface area contributed by atoms with Gasteiger partial charge >= 0.3 is 0 Å². The predicted octanol–water partition coefficient (Wildman–Crippen LogP) is 8.37. The van der Waals surface area contributed by atoms with Gasteiger partial charge in [0.1, 0.15) is 17.6 Å². The number of Topliss-reactive ketones (excluding diaryl/α,β-unsaturated/α-hetero) is 1. The van der Waals surface area contributed by atoms with E-state index in [1.807, 2.05) is 37.3 Å². The number of aryl methyl sites for hydroxylation is 1. The standard InChI is InChI=1S/C30H26ClNO2/c1-17-8-9-19(14-22(17)31)25-12-13-26(34-25)29-28-21(15-30(2,3)16-24(28)33)27-20-7-5-4-6-18(20)10-11-23(27)32-29/h4-14,29,32H,15-16H2,1-3H3/t29-/m1/s1. The molecule has 0 radical (unpaired) electrons. The smallest absolute Gasteiger partial charge is 0.162 e. The lowest BCUT2D eigenvalue weighted by atomic mass is 9.68. The largest absolute Gasteiger partial charge is 0.459 e. The maximum atomic E-state index is 13.6. The molecule has 0 amide bonds. The molecule has 0 saturated heterocycles. The van der Waals surface area contributed by atoms with Gasteiger partial charge in [0.05, 0.1) is 0 Å². The normalized spacial score (nSPS) is 19.1. The van der Waals surface area contributed by atoms with Crippen LogP contribution in [0.2, 0.25) is 5.02 Å². The van der Waals surface area contributed by atoms with Gasteiger partial charge in [0.2, 0.25) is 0 Å². The van der Waals surface area contributed by atoms with Crippen molar-refractivity contribution in [3.05, 3.63) is 94.2 Å². The van der Waals surface area contributed by atoms with Gasteiger partial charge in [-0.2, -0.15) is 0 Å². The lowest BCUT2D eigenvalue weighted by molar-refractivity contribution is -0.118. The van der Waals surface area contributed by atoms with E-state index >= 15 is 0 Å². The number of carbonyl (C=O) groups excluding carboxylic acids is 1. The summed E-state index contributed by atoms with van der Waals surface area (Å²) < 4.78 is 6.35. The number of rotatable bonds is 2. The second-order valence-electron chi connectivity index (χ2n) is 10.3. The molecular weight excluding hydrogens is 442 g/mol. The minimum atomic E-state index is -0.318. The molecule has 3 nitrogen and oxygen atoms in total. The van der Waals surface area contributed by atoms with Crippen LogP contribution in [0.25, 0.3) is 27.7 Å². The summed E-state index contributed by atoms with van der Waals surface area (Å²) in [5, 5.41) is 6.72. The number of benzene rings is 3. The fourth-order valence-corrected chi connectivity index (χ4v) is 5.64. The van der Waals surface area contributed by atoms with Crippen LogP contribution in [0.3, 0.4) is 0 Å². The van der Waals surface area contributed by atoms with Crippen LogP contribution in [0, 0.1) is 12.3 Å². The number of anilines is 1. The van der Waals surface area contributed by atoms with E-state index in [-0.39, 0.29) is 17.2 Å². The SMILES string of the molecule is Cc1ccc(-c2ccc([C@H]3Nc4ccc5ccccc5c4C4=C3C(=O)CC(C)(C)C4)o2)cc1Cl. The molecule has 1 N–H and O–H groups in total. The average molecular weight is 468 g/mol. The Morgan fingerprint density at radius 2 is 1.82 bits per heavy atom. The molecule has 0 fully saturated rings. The number of carbonyl (C=O) groups is 1. The van der Waals surface area contributed by atoms with Gasteiger partial charge in [-0.3, -0.25) is 4.79 Å². The number of hydrogen-bond donors (Lipinski definition) is 1. The molecule has 0 saturated carbocycles. The number of ketones is 1. The Hall–Kier alpha value is -3.30. The summed E-state index contributed by atoms with van der Waals surface area (Å²) in [5.41, 5.74) is 6.06. The summed E-state index contributed by atoms with van der Waals surface area (Å²) in [6.07, 6.45) is 1.39. The zero-order valence-electron chi connectivity index (χ0n) is 19.5. The van der Waals surface area contributed by atoms with E-state index in [1.165, 1.54) is 10.8 Å². The summed E-state index contributed by atoms with van der Waals surface area (Å²) in [4.78, 5) is 13.6. The molecule has 1 atom stereocenters. The van der Waals surface area contributed by atoms with Gasteiger partial charge < -0.3 is 9.73 Å². The third-order valence-electron chi connectivity index (χ3n) is 7.11. The molecule has 1 aliphatic heterocycles. The van der Waals surface area contributed by atoms with Crippen LogP contribution in [0.5, 0.6) is 0 Å². The molecule has 3 aromatic carbocycles. The zero-order valence-corrected chi connectivity index (χ0v) is 20.3. The molecule has 0 bridgehead atoms. The van der Waals surface area contributed by atoms with Crippen LogP contribution in [0.1, 0.15) is 49.6 Å². The van der Waals surface area contributed by atoms with Crippen molar-refractivity contribution < 1.29 is 9.21 Å². The van der Waals surface area contributed by atoms with Gasteiger partial charge in [0, 0.05) is 33.8 Å². The van der Waals surface area contributed by atoms with Gasteiger partial charge in [-0.1, -0.05) is 67.9 Å². The molecule has 2 heterocycles. The summed E-state index contributed by atoms with van der Waals surface area (Å²) in [6, 6.07) is 22.2. The number of allylic oxidation sites excluding steroid dienone is 1. The highest BCUT2D eigenvalue weighted by Gasteiger charge is 2.41. The van der Waals surface area contributed by atoms with Gasteiger partial charge in [0.25, 0.3) is 0 Å². The molecule has 2 aliphatic rings. The van der Waals surface area contributed by atoms with Crippen LogP contribution in [0.15, 0.2) is 76.7 Å². The van der Waals surface area contributed by atoms with Gasteiger partial charge in [-0.15, -0.1) is 0 Å². The van der Waals surface area contributed by atoms with E-state index in [9.17, 15) is 4.79 Å². The van der Waals surface area contributed by atoms with E-state index in [1.54, 1.807) is 0 Å². The molecule has 1 aromatic heterocycles. The van der Waals surface area contributed by atoms with Crippen LogP contribution < -0.4 is 5.32 Å². The average Bonchev–Trinajstić information content (AvgIpc) is 3.29. The Morgan fingerprint density at radius 1 is 1.00 bits per heavy atom. The summed E-state index contributed by atoms with van der Waals surface area (Å²) >= 11 is 6.35. The molecule has 4 aromatic rings. The summed E-state index contributed by atoms with van der Waals surface area (Å²) in [6.45, 7) is 6.35. The van der Waals surface area contributed by atoms with Crippen molar-refractivity contribution in [2.75, 3.05) is 5.32 Å². The van der Waals surface area contributed by atoms with Crippen molar-refractivity contribution in [3.63, 3.8) is 0 Å². The molecule has 0 unspecified atom stereocenters. The maximum absolute atomic E-state index is 13.6. The fourth-order valence-electron chi connectivity index (χ4n) is 5.46. The van der Waals surface area contributed by atoms with Crippen LogP contribution in [0.4, 0.5) is 5.69 Å². The van der Waals surface area contributed by atoms with E-state index in [4.69, 9.17) is 16.0 Å². The predicted molar refractivity (Wildman–Crippen MR) is 139 cm³/mol. The number of furan rings is 1. The Balaban J connectivity index is 1.52. The van der Waals surface area contributed by atoms with Crippen molar-refractivity contribution in [1.29, 1.82) is 0 Å². The quantitative estimate of drug-likeness (QED) is 0.322. The van der Waals surface area contributed by atoms with Crippen LogP contribution in [-0.2, 0) is 4.79 Å². The van der Waals surface area contributed by atoms with E-state index in [0.29, 0.717) is 11.4 Å². The van der Waals surface area contributed by atoms with E-state index in [2.05, 4.69) is 55.6 Å². The minimum absolute atomic E-state index is 0.0843. The monoisotopic (exact) mass is 467 g/mol. The Morgan fingerprint density at radius 3 is 2.65 bits per heavy atom. The highest BCUT2D eigenvalue weighted by atomic mass is 35.5. The maximum Gasteiger partial charge on any atom is 0.162 e. The molecule has 6 rings (SSSR count). The molecule has 170 valence electrons. The van der Waals surface area contributed by atoms with Gasteiger partial charge in [-0.05, 0) is 64.9 Å². The van der Waals surface area contributed by atoms with Crippen LogP contribution in [-0.4, -0.2) is 5.78 Å². The van der Waals surface area contributed by atoms with Crippen LogP contribution >= 0.6 is 11.6 Å². The Bertz CT molecular complexity index is 1510.